The lowest BCUT2D eigenvalue weighted by Gasteiger charge is -2.33. The number of nitrogens with zero attached hydrogens (tertiary/aromatic N) is 3. The molecule has 54 heavy (non-hydrogen) atoms. The topological polar surface area (TPSA) is 183 Å². The van der Waals surface area contributed by atoms with Crippen molar-refractivity contribution in [2.45, 2.75) is 109 Å². The molecule has 4 N–H and O–H groups in total. The number of thiazole rings is 1. The summed E-state index contributed by atoms with van der Waals surface area (Å²) in [6.07, 6.45) is 1.89. The zero-order chi connectivity index (χ0) is 39.7. The van der Waals surface area contributed by atoms with Crippen molar-refractivity contribution in [3.05, 3.63) is 47.5 Å². The number of likely N-dealkylation sites (tertiary alicyclic amines) is 1. The number of hydrogen-bond acceptors (Lipinski definition) is 11. The van der Waals surface area contributed by atoms with E-state index in [4.69, 9.17) is 25.2 Å². The molecule has 6 atom stereocenters. The second kappa shape index (κ2) is 13.9. The molecule has 0 bridgehead atoms. The Morgan fingerprint density at radius 3 is 2.41 bits per heavy atom. The lowest BCUT2D eigenvalue weighted by atomic mass is 9.86. The summed E-state index contributed by atoms with van der Waals surface area (Å²) in [5, 5.41) is 6.32. The maximum atomic E-state index is 14.5. The fourth-order valence-corrected chi connectivity index (χ4v) is 9.26. The van der Waals surface area contributed by atoms with E-state index in [1.54, 1.807) is 14.0 Å². The third-order valence-electron chi connectivity index (χ3n) is 11.4. The van der Waals surface area contributed by atoms with Crippen LogP contribution in [0.2, 0.25) is 0 Å². The number of fused-ring (bicyclic) bond motifs is 1. The molecule has 15 heteroatoms. The maximum Gasteiger partial charge on any atom is 0.259 e. The molecule has 3 heterocycles. The van der Waals surface area contributed by atoms with Gasteiger partial charge in [0.05, 0.1) is 35.7 Å². The van der Waals surface area contributed by atoms with E-state index >= 15 is 0 Å². The summed E-state index contributed by atoms with van der Waals surface area (Å²) in [5.74, 6) is -1.57. The molecule has 13 nitrogen and oxygen atoms in total. The predicted octanol–water partition coefficient (Wildman–Crippen LogP) is 4.83. The van der Waals surface area contributed by atoms with Gasteiger partial charge in [0.2, 0.25) is 21.8 Å². The third kappa shape index (κ3) is 6.98. The summed E-state index contributed by atoms with van der Waals surface area (Å²) in [7, 11) is -2.38. The summed E-state index contributed by atoms with van der Waals surface area (Å²) in [6.45, 7) is 18.9. The van der Waals surface area contributed by atoms with Gasteiger partial charge in [0.1, 0.15) is 39.9 Å². The first-order valence-electron chi connectivity index (χ1n) is 18.4. The Bertz CT molecular complexity index is 2120. The van der Waals surface area contributed by atoms with Crippen molar-refractivity contribution in [2.24, 2.45) is 23.0 Å². The zero-order valence-corrected chi connectivity index (χ0v) is 34.1. The van der Waals surface area contributed by atoms with Gasteiger partial charge in [-0.3, -0.25) is 19.1 Å². The lowest BCUT2D eigenvalue weighted by Crippen LogP contribution is -2.60. The van der Waals surface area contributed by atoms with Crippen molar-refractivity contribution in [3.63, 3.8) is 0 Å². The number of sulfonamides is 1. The van der Waals surface area contributed by atoms with Crippen LogP contribution in [0.25, 0.3) is 21.6 Å². The van der Waals surface area contributed by atoms with E-state index in [2.05, 4.69) is 30.5 Å². The molecule has 2 aromatic heterocycles. The normalized spacial score (nSPS) is 25.3. The molecule has 3 aromatic rings. The number of benzene rings is 1. The van der Waals surface area contributed by atoms with E-state index in [0.29, 0.717) is 35.6 Å². The van der Waals surface area contributed by atoms with Gasteiger partial charge in [0, 0.05) is 34.2 Å². The molecule has 1 aromatic carbocycles. The number of hydrogen-bond donors (Lipinski definition) is 3. The van der Waals surface area contributed by atoms with Crippen LogP contribution in [0, 0.1) is 24.2 Å². The fraction of sp³-hybridized carbons (Fsp3) is 0.564. The van der Waals surface area contributed by atoms with Gasteiger partial charge in [-0.2, -0.15) is 0 Å². The lowest BCUT2D eigenvalue weighted by molar-refractivity contribution is -0.143. The summed E-state index contributed by atoms with van der Waals surface area (Å²) in [6, 6.07) is 3.51. The fourth-order valence-electron chi connectivity index (χ4n) is 7.01. The molecule has 2 saturated carbocycles. The number of rotatable bonds is 12. The van der Waals surface area contributed by atoms with Gasteiger partial charge >= 0.3 is 0 Å². The molecule has 0 spiro atoms. The quantitative estimate of drug-likeness (QED) is 0.216. The number of nitrogens with two attached hydrogens (primary N) is 1. The number of carbonyl (C=O) groups excluding carboxylic acids is 3. The van der Waals surface area contributed by atoms with Crippen LogP contribution in [-0.4, -0.2) is 83.1 Å². The first kappa shape index (κ1) is 39.6. The minimum atomic E-state index is -3.98. The predicted molar refractivity (Wildman–Crippen MR) is 209 cm³/mol. The molecule has 3 fully saturated rings. The summed E-state index contributed by atoms with van der Waals surface area (Å²) < 4.78 is 39.7. The first-order chi connectivity index (χ1) is 25.2. The standard InChI is InChI=1S/C39H52N6O7S2/c1-11-23-17-39(23,36(48)44-54(49,50)38(9)14-15-38)43-33(46)31-22(5)29(18-45(31)35(47)32(40)37(6,7)8)52-28-16-25(34-42-26(19-53-34)20(2)3)41-30-21(4)27(51-10)13-12-24(28)30/h11-13,16,19-20,22-23,29,31-32H,1,14-15,17-18,40H2,2-10H3,(H,43,46)(H,44,48)/t22-,23+,29-,31-,32+,39+/m0/s1. The molecule has 3 aliphatic rings. The highest BCUT2D eigenvalue weighted by atomic mass is 32.2. The summed E-state index contributed by atoms with van der Waals surface area (Å²) >= 11 is 1.49. The van der Waals surface area contributed by atoms with E-state index in [1.165, 1.54) is 22.3 Å². The second-order valence-electron chi connectivity index (χ2n) is 16.7. The number of nitrogens with one attached hydrogen (secondary N) is 2. The Hall–Kier alpha value is -4.08. The van der Waals surface area contributed by atoms with E-state index in [1.807, 2.05) is 58.2 Å². The first-order valence-corrected chi connectivity index (χ1v) is 20.7. The van der Waals surface area contributed by atoms with Gasteiger partial charge < -0.3 is 25.4 Å². The van der Waals surface area contributed by atoms with Crippen LogP contribution in [0.5, 0.6) is 11.5 Å². The van der Waals surface area contributed by atoms with Gasteiger partial charge in [0.25, 0.3) is 5.91 Å². The van der Waals surface area contributed by atoms with Gasteiger partial charge in [-0.25, -0.2) is 18.4 Å². The monoisotopic (exact) mass is 780 g/mol. The van der Waals surface area contributed by atoms with Gasteiger partial charge in [-0.05, 0) is 56.6 Å². The van der Waals surface area contributed by atoms with Crippen molar-refractivity contribution in [2.75, 3.05) is 13.7 Å². The van der Waals surface area contributed by atoms with Gasteiger partial charge in [-0.15, -0.1) is 17.9 Å². The molecule has 0 radical (unpaired) electrons. The second-order valence-corrected chi connectivity index (χ2v) is 19.8. The van der Waals surface area contributed by atoms with Crippen LogP contribution in [0.15, 0.2) is 36.2 Å². The highest BCUT2D eigenvalue weighted by Gasteiger charge is 2.63. The average Bonchev–Trinajstić information content (AvgIpc) is 3.92. The van der Waals surface area contributed by atoms with Crippen molar-refractivity contribution < 1.29 is 32.3 Å². The highest BCUT2D eigenvalue weighted by Crippen LogP contribution is 2.47. The number of ether oxygens (including phenoxy) is 2. The Balaban J connectivity index is 1.36. The van der Waals surface area contributed by atoms with Crippen molar-refractivity contribution >= 4 is 50.0 Å². The van der Waals surface area contributed by atoms with Crippen molar-refractivity contribution in [1.82, 2.24) is 24.9 Å². The van der Waals surface area contributed by atoms with Gasteiger partial charge in [-0.1, -0.05) is 47.6 Å². The SMILES string of the molecule is C=C[C@@H]1C[C@]1(NC(=O)[C@@H]1[C@@H](C)[C@@H](Oc2cc(-c3nc(C(C)C)cs3)nc3c(C)c(OC)ccc23)CN1C(=O)[C@@H](N)C(C)(C)C)C(=O)NS(=O)(=O)C1(C)CC1. The summed E-state index contributed by atoms with van der Waals surface area (Å²) in [5.41, 5.74) is 7.39. The Labute approximate surface area is 321 Å². The van der Waals surface area contributed by atoms with Crippen LogP contribution < -0.4 is 25.2 Å². The number of aromatic nitrogens is 2. The molecule has 2 aliphatic carbocycles. The number of carbonyl (C=O) groups is 3. The number of methoxy groups -OCH3 is 1. The molecule has 6 rings (SSSR count). The Morgan fingerprint density at radius 2 is 1.85 bits per heavy atom. The molecule has 1 aliphatic heterocycles. The van der Waals surface area contributed by atoms with Crippen LogP contribution in [0.4, 0.5) is 0 Å². The Morgan fingerprint density at radius 1 is 1.17 bits per heavy atom. The largest absolute Gasteiger partial charge is 0.496 e. The van der Waals surface area contributed by atoms with E-state index in [-0.39, 0.29) is 18.9 Å². The van der Waals surface area contributed by atoms with E-state index in [0.717, 1.165) is 21.7 Å². The van der Waals surface area contributed by atoms with E-state index < -0.39 is 73.5 Å². The van der Waals surface area contributed by atoms with Crippen LogP contribution in [0.3, 0.4) is 0 Å². The van der Waals surface area contributed by atoms with Gasteiger partial charge in [0.15, 0.2) is 0 Å². The molecule has 3 amide bonds. The molecular formula is C39H52N6O7S2. The van der Waals surface area contributed by atoms with Crippen LogP contribution in [-0.2, 0) is 24.4 Å². The van der Waals surface area contributed by atoms with Crippen LogP contribution in [0.1, 0.15) is 84.9 Å². The zero-order valence-electron chi connectivity index (χ0n) is 32.5. The molecule has 1 saturated heterocycles. The number of amides is 3. The molecular weight excluding hydrogens is 729 g/mol. The maximum absolute atomic E-state index is 14.5. The van der Waals surface area contributed by atoms with Crippen molar-refractivity contribution in [3.8, 4) is 22.2 Å². The third-order valence-corrected chi connectivity index (χ3v) is 14.4. The molecule has 292 valence electrons. The Kier molecular flexibility index (Phi) is 10.2. The minimum absolute atomic E-state index is 0.0295. The average molecular weight is 781 g/mol. The van der Waals surface area contributed by atoms with Crippen LogP contribution >= 0.6 is 11.3 Å². The highest BCUT2D eigenvalue weighted by molar-refractivity contribution is 7.91. The summed E-state index contributed by atoms with van der Waals surface area (Å²) in [4.78, 5) is 53.6. The molecule has 0 unspecified atom stereocenters. The minimum Gasteiger partial charge on any atom is -0.496 e. The number of pyridine rings is 1. The number of aryl methyl sites for hydroxylation is 1. The van der Waals surface area contributed by atoms with E-state index in [9.17, 15) is 22.8 Å². The smallest absolute Gasteiger partial charge is 0.259 e. The van der Waals surface area contributed by atoms with Crippen molar-refractivity contribution in [1.29, 1.82) is 0 Å².